The molecule has 1 fully saturated rings. The summed E-state index contributed by atoms with van der Waals surface area (Å²) in [5.41, 5.74) is -0.220. The van der Waals surface area contributed by atoms with Gasteiger partial charge in [0.2, 0.25) is 0 Å². The Morgan fingerprint density at radius 3 is 2.74 bits per heavy atom. The zero-order chi connectivity index (χ0) is 13.8. The third-order valence-electron chi connectivity index (χ3n) is 3.25. The van der Waals surface area contributed by atoms with E-state index in [4.69, 9.17) is 0 Å². The largest absolute Gasteiger partial charge is 0.391 e. The van der Waals surface area contributed by atoms with Crippen molar-refractivity contribution >= 4 is 11.7 Å². The van der Waals surface area contributed by atoms with Gasteiger partial charge in [0.1, 0.15) is 0 Å². The second kappa shape index (κ2) is 5.97. The molecule has 1 aliphatic carbocycles. The SMILES string of the molecule is O=C(Nc1cccc(F)c1F)NC1CCCCC1O. The molecule has 0 heterocycles. The van der Waals surface area contributed by atoms with E-state index in [0.29, 0.717) is 12.8 Å². The maximum Gasteiger partial charge on any atom is 0.319 e. The third-order valence-corrected chi connectivity index (χ3v) is 3.25. The van der Waals surface area contributed by atoms with E-state index >= 15 is 0 Å². The molecule has 0 radical (unpaired) electrons. The maximum absolute atomic E-state index is 13.4. The van der Waals surface area contributed by atoms with E-state index in [0.717, 1.165) is 18.9 Å². The van der Waals surface area contributed by atoms with Gasteiger partial charge in [-0.15, -0.1) is 0 Å². The molecule has 6 heteroatoms. The molecule has 3 N–H and O–H groups in total. The first-order chi connectivity index (χ1) is 9.08. The van der Waals surface area contributed by atoms with Gasteiger partial charge in [0.25, 0.3) is 0 Å². The van der Waals surface area contributed by atoms with E-state index in [9.17, 15) is 18.7 Å². The Bertz CT molecular complexity index is 468. The second-order valence-electron chi connectivity index (χ2n) is 4.66. The van der Waals surface area contributed by atoms with E-state index in [1.807, 2.05) is 0 Å². The number of benzene rings is 1. The van der Waals surface area contributed by atoms with Crippen molar-refractivity contribution in [2.75, 3.05) is 5.32 Å². The van der Waals surface area contributed by atoms with Crippen molar-refractivity contribution in [1.29, 1.82) is 0 Å². The minimum atomic E-state index is -1.10. The lowest BCUT2D eigenvalue weighted by molar-refractivity contribution is 0.0955. The molecule has 0 bridgehead atoms. The van der Waals surface area contributed by atoms with Gasteiger partial charge in [0.05, 0.1) is 17.8 Å². The zero-order valence-electron chi connectivity index (χ0n) is 10.3. The lowest BCUT2D eigenvalue weighted by Gasteiger charge is -2.28. The predicted octanol–water partition coefficient (Wildman–Crippen LogP) is 2.39. The molecule has 4 nitrogen and oxygen atoms in total. The van der Waals surface area contributed by atoms with Crippen LogP contribution in [0.2, 0.25) is 0 Å². The molecule has 2 rings (SSSR count). The van der Waals surface area contributed by atoms with Crippen molar-refractivity contribution in [2.45, 2.75) is 37.8 Å². The number of rotatable bonds is 2. The van der Waals surface area contributed by atoms with Crippen LogP contribution in [0, 0.1) is 11.6 Å². The average molecular weight is 270 g/mol. The highest BCUT2D eigenvalue weighted by molar-refractivity contribution is 5.89. The van der Waals surface area contributed by atoms with Crippen LogP contribution >= 0.6 is 0 Å². The number of carbonyl (C=O) groups is 1. The molecule has 2 atom stereocenters. The van der Waals surface area contributed by atoms with Crippen LogP contribution in [0.4, 0.5) is 19.3 Å². The van der Waals surface area contributed by atoms with Crippen LogP contribution in [0.5, 0.6) is 0 Å². The number of nitrogens with one attached hydrogen (secondary N) is 2. The highest BCUT2D eigenvalue weighted by atomic mass is 19.2. The van der Waals surface area contributed by atoms with E-state index in [-0.39, 0.29) is 11.7 Å². The number of urea groups is 1. The fraction of sp³-hybridized carbons (Fsp3) is 0.462. The summed E-state index contributed by atoms with van der Waals surface area (Å²) in [4.78, 5) is 11.7. The summed E-state index contributed by atoms with van der Waals surface area (Å²) >= 11 is 0. The van der Waals surface area contributed by atoms with Gasteiger partial charge < -0.3 is 15.7 Å². The van der Waals surface area contributed by atoms with Crippen molar-refractivity contribution < 1.29 is 18.7 Å². The molecule has 1 saturated carbocycles. The molecule has 0 aromatic heterocycles. The summed E-state index contributed by atoms with van der Waals surface area (Å²) in [5.74, 6) is -2.11. The van der Waals surface area contributed by atoms with Gasteiger partial charge >= 0.3 is 6.03 Å². The number of aliphatic hydroxyl groups excluding tert-OH is 1. The summed E-state index contributed by atoms with van der Waals surface area (Å²) in [6.45, 7) is 0. The van der Waals surface area contributed by atoms with Crippen LogP contribution in [-0.2, 0) is 0 Å². The summed E-state index contributed by atoms with van der Waals surface area (Å²) in [5, 5.41) is 14.5. The molecule has 1 aliphatic rings. The lowest BCUT2D eigenvalue weighted by Crippen LogP contribution is -2.46. The molecule has 0 saturated heterocycles. The standard InChI is InChI=1S/C13H16F2N2O2/c14-8-4-3-6-10(12(8)15)17-13(19)16-9-5-1-2-7-11(9)18/h3-4,6,9,11,18H,1-2,5,7H2,(H2,16,17,19). The van der Waals surface area contributed by atoms with Crippen LogP contribution in [0.25, 0.3) is 0 Å². The van der Waals surface area contributed by atoms with Crippen molar-refractivity contribution in [3.05, 3.63) is 29.8 Å². The highest BCUT2D eigenvalue weighted by Gasteiger charge is 2.24. The number of hydrogen-bond acceptors (Lipinski definition) is 2. The molecule has 1 aromatic carbocycles. The Hall–Kier alpha value is -1.69. The first-order valence-electron chi connectivity index (χ1n) is 6.27. The second-order valence-corrected chi connectivity index (χ2v) is 4.66. The fourth-order valence-corrected chi connectivity index (χ4v) is 2.21. The summed E-state index contributed by atoms with van der Waals surface area (Å²) in [6, 6.07) is 2.57. The Kier molecular flexibility index (Phi) is 4.31. The van der Waals surface area contributed by atoms with Crippen molar-refractivity contribution in [2.24, 2.45) is 0 Å². The summed E-state index contributed by atoms with van der Waals surface area (Å²) in [6.07, 6.45) is 2.59. The van der Waals surface area contributed by atoms with Gasteiger partial charge in [-0.1, -0.05) is 18.9 Å². The molecule has 19 heavy (non-hydrogen) atoms. The molecule has 104 valence electrons. The monoisotopic (exact) mass is 270 g/mol. The normalized spacial score (nSPS) is 22.9. The first kappa shape index (κ1) is 13.7. The van der Waals surface area contributed by atoms with Crippen molar-refractivity contribution in [3.8, 4) is 0 Å². The van der Waals surface area contributed by atoms with Gasteiger partial charge in [0, 0.05) is 0 Å². The Morgan fingerprint density at radius 2 is 2.00 bits per heavy atom. The van der Waals surface area contributed by atoms with Gasteiger partial charge in [-0.25, -0.2) is 13.6 Å². The van der Waals surface area contributed by atoms with E-state index < -0.39 is 23.8 Å². The number of anilines is 1. The van der Waals surface area contributed by atoms with Crippen molar-refractivity contribution in [3.63, 3.8) is 0 Å². The topological polar surface area (TPSA) is 61.4 Å². The number of amides is 2. The minimum Gasteiger partial charge on any atom is -0.391 e. The Labute approximate surface area is 109 Å². The smallest absolute Gasteiger partial charge is 0.319 e. The predicted molar refractivity (Wildman–Crippen MR) is 66.8 cm³/mol. The molecule has 0 aliphatic heterocycles. The number of aliphatic hydroxyl groups is 1. The number of carbonyl (C=O) groups excluding carboxylic acids is 1. The van der Waals surface area contributed by atoms with Crippen LogP contribution in [0.1, 0.15) is 25.7 Å². The third kappa shape index (κ3) is 3.41. The quantitative estimate of drug-likeness (QED) is 0.772. The van der Waals surface area contributed by atoms with E-state index in [1.165, 1.54) is 12.1 Å². The fourth-order valence-electron chi connectivity index (χ4n) is 2.21. The Balaban J connectivity index is 1.95. The maximum atomic E-state index is 13.4. The minimum absolute atomic E-state index is 0.220. The average Bonchev–Trinajstić information content (AvgIpc) is 2.38. The number of halogens is 2. The molecular weight excluding hydrogens is 254 g/mol. The molecule has 2 unspecified atom stereocenters. The van der Waals surface area contributed by atoms with E-state index in [2.05, 4.69) is 10.6 Å². The molecular formula is C13H16F2N2O2. The molecule has 2 amide bonds. The first-order valence-corrected chi connectivity index (χ1v) is 6.27. The van der Waals surface area contributed by atoms with Crippen LogP contribution in [0.15, 0.2) is 18.2 Å². The Morgan fingerprint density at radius 1 is 1.26 bits per heavy atom. The summed E-state index contributed by atoms with van der Waals surface area (Å²) in [7, 11) is 0. The van der Waals surface area contributed by atoms with Gasteiger partial charge in [-0.05, 0) is 25.0 Å². The van der Waals surface area contributed by atoms with Gasteiger partial charge in [-0.2, -0.15) is 0 Å². The highest BCUT2D eigenvalue weighted by Crippen LogP contribution is 2.19. The van der Waals surface area contributed by atoms with E-state index in [1.54, 1.807) is 0 Å². The van der Waals surface area contributed by atoms with Crippen LogP contribution in [-0.4, -0.2) is 23.3 Å². The summed E-state index contributed by atoms with van der Waals surface area (Å²) < 4.78 is 26.3. The van der Waals surface area contributed by atoms with Crippen molar-refractivity contribution in [1.82, 2.24) is 5.32 Å². The molecule has 1 aromatic rings. The van der Waals surface area contributed by atoms with Gasteiger partial charge in [0.15, 0.2) is 11.6 Å². The number of hydrogen-bond donors (Lipinski definition) is 3. The zero-order valence-corrected chi connectivity index (χ0v) is 10.3. The van der Waals surface area contributed by atoms with Crippen LogP contribution in [0.3, 0.4) is 0 Å². The lowest BCUT2D eigenvalue weighted by atomic mass is 9.93. The molecule has 0 spiro atoms. The van der Waals surface area contributed by atoms with Gasteiger partial charge in [-0.3, -0.25) is 0 Å². The van der Waals surface area contributed by atoms with Crippen LogP contribution < -0.4 is 10.6 Å².